The van der Waals surface area contributed by atoms with Crippen molar-refractivity contribution in [1.29, 1.82) is 0 Å². The molecule has 3 rings (SSSR count). The van der Waals surface area contributed by atoms with Crippen LogP contribution < -0.4 is 10.6 Å². The molecular weight excluding hydrogens is 336 g/mol. The second kappa shape index (κ2) is 7.58. The summed E-state index contributed by atoms with van der Waals surface area (Å²) in [7, 11) is 0. The van der Waals surface area contributed by atoms with Crippen molar-refractivity contribution in [2.75, 3.05) is 10.6 Å². The van der Waals surface area contributed by atoms with Crippen molar-refractivity contribution in [3.8, 4) is 0 Å². The number of carbonyl (C=O) groups excluding carboxylic acids is 1. The Hall–Kier alpha value is -3.21. The van der Waals surface area contributed by atoms with E-state index < -0.39 is 0 Å². The second-order valence-electron chi connectivity index (χ2n) is 6.88. The molecule has 0 aliphatic heterocycles. The normalized spacial score (nSPS) is 10.6. The van der Waals surface area contributed by atoms with Crippen molar-refractivity contribution >= 4 is 28.9 Å². The average Bonchev–Trinajstić information content (AvgIpc) is 2.58. The molecule has 0 radical (unpaired) electrons. The van der Waals surface area contributed by atoms with E-state index in [1.807, 2.05) is 25.1 Å². The van der Waals surface area contributed by atoms with Gasteiger partial charge < -0.3 is 10.6 Å². The van der Waals surface area contributed by atoms with Gasteiger partial charge in [-0.05, 0) is 57.9 Å². The molecule has 1 aromatic heterocycles. The minimum Gasteiger partial charge on any atom is -0.340 e. The van der Waals surface area contributed by atoms with Gasteiger partial charge in [0, 0.05) is 28.7 Å². The quantitative estimate of drug-likeness (QED) is 0.596. The van der Waals surface area contributed by atoms with E-state index in [4.69, 9.17) is 0 Å². The average molecular weight is 360 g/mol. The van der Waals surface area contributed by atoms with Crippen LogP contribution in [0.3, 0.4) is 0 Å². The van der Waals surface area contributed by atoms with Gasteiger partial charge in [0.2, 0.25) is 5.95 Å². The van der Waals surface area contributed by atoms with Gasteiger partial charge in [-0.1, -0.05) is 29.8 Å². The maximum absolute atomic E-state index is 11.6. The second-order valence-corrected chi connectivity index (χ2v) is 6.88. The number of aromatic nitrogens is 2. The molecule has 0 saturated carbocycles. The minimum absolute atomic E-state index is 0.0245. The first-order valence-electron chi connectivity index (χ1n) is 8.90. The van der Waals surface area contributed by atoms with Crippen molar-refractivity contribution in [1.82, 2.24) is 9.97 Å². The summed E-state index contributed by atoms with van der Waals surface area (Å²) in [6.07, 6.45) is 0. The van der Waals surface area contributed by atoms with E-state index in [0.717, 1.165) is 22.9 Å². The van der Waals surface area contributed by atoms with Crippen LogP contribution in [-0.4, -0.2) is 15.8 Å². The SMILES string of the molecule is CC(=O)c1cccc(Nc2nc(C)cc(Nc3c(C)cc(C)cc3C)n2)c1. The molecule has 0 unspecified atom stereocenters. The van der Waals surface area contributed by atoms with Crippen LogP contribution in [0.1, 0.15) is 39.7 Å². The first kappa shape index (κ1) is 18.6. The molecule has 0 atom stereocenters. The number of hydrogen-bond acceptors (Lipinski definition) is 5. The summed E-state index contributed by atoms with van der Waals surface area (Å²) in [5.74, 6) is 1.24. The van der Waals surface area contributed by atoms with E-state index in [9.17, 15) is 4.79 Å². The van der Waals surface area contributed by atoms with Gasteiger partial charge in [0.15, 0.2) is 5.78 Å². The number of anilines is 4. The van der Waals surface area contributed by atoms with Crippen LogP contribution >= 0.6 is 0 Å². The number of aryl methyl sites for hydroxylation is 4. The third-order valence-corrected chi connectivity index (χ3v) is 4.31. The molecule has 138 valence electrons. The molecule has 0 fully saturated rings. The highest BCUT2D eigenvalue weighted by Gasteiger charge is 2.08. The number of hydrogen-bond donors (Lipinski definition) is 2. The number of rotatable bonds is 5. The van der Waals surface area contributed by atoms with E-state index in [2.05, 4.69) is 53.5 Å². The highest BCUT2D eigenvalue weighted by Crippen LogP contribution is 2.26. The molecule has 5 heteroatoms. The van der Waals surface area contributed by atoms with Gasteiger partial charge in [0.25, 0.3) is 0 Å². The van der Waals surface area contributed by atoms with Crippen molar-refractivity contribution in [2.24, 2.45) is 0 Å². The Bertz CT molecular complexity index is 988. The summed E-state index contributed by atoms with van der Waals surface area (Å²) in [4.78, 5) is 20.6. The van der Waals surface area contributed by atoms with E-state index in [-0.39, 0.29) is 5.78 Å². The summed E-state index contributed by atoms with van der Waals surface area (Å²) in [6, 6.07) is 13.5. The molecule has 0 spiro atoms. The predicted octanol–water partition coefficient (Wildman–Crippen LogP) is 5.40. The number of ketones is 1. The monoisotopic (exact) mass is 360 g/mol. The van der Waals surface area contributed by atoms with Crippen molar-refractivity contribution in [3.05, 3.63) is 70.4 Å². The third-order valence-electron chi connectivity index (χ3n) is 4.31. The highest BCUT2D eigenvalue weighted by atomic mass is 16.1. The van der Waals surface area contributed by atoms with Crippen molar-refractivity contribution in [3.63, 3.8) is 0 Å². The van der Waals surface area contributed by atoms with E-state index in [1.54, 1.807) is 19.1 Å². The van der Waals surface area contributed by atoms with Crippen molar-refractivity contribution in [2.45, 2.75) is 34.6 Å². The molecule has 5 nitrogen and oxygen atoms in total. The molecule has 27 heavy (non-hydrogen) atoms. The Balaban J connectivity index is 1.89. The van der Waals surface area contributed by atoms with Gasteiger partial charge in [-0.3, -0.25) is 4.79 Å². The Morgan fingerprint density at radius 3 is 2.26 bits per heavy atom. The number of benzene rings is 2. The largest absolute Gasteiger partial charge is 0.340 e. The molecule has 0 aliphatic rings. The molecule has 0 saturated heterocycles. The molecule has 3 aromatic rings. The molecule has 2 aromatic carbocycles. The molecular formula is C22H24N4O. The lowest BCUT2D eigenvalue weighted by atomic mass is 10.1. The van der Waals surface area contributed by atoms with Gasteiger partial charge in [0.1, 0.15) is 5.82 Å². The lowest BCUT2D eigenvalue weighted by molar-refractivity contribution is 0.101. The van der Waals surface area contributed by atoms with Crippen LogP contribution in [0.4, 0.5) is 23.1 Å². The fourth-order valence-corrected chi connectivity index (χ4v) is 3.14. The third kappa shape index (κ3) is 4.50. The maximum Gasteiger partial charge on any atom is 0.229 e. The van der Waals surface area contributed by atoms with E-state index in [1.165, 1.54) is 16.7 Å². The Kier molecular flexibility index (Phi) is 5.21. The van der Waals surface area contributed by atoms with Gasteiger partial charge in [-0.15, -0.1) is 0 Å². The summed E-state index contributed by atoms with van der Waals surface area (Å²) in [5, 5.41) is 6.61. The fraction of sp³-hybridized carbons (Fsp3) is 0.227. The Morgan fingerprint density at radius 1 is 0.889 bits per heavy atom. The number of Topliss-reactive ketones (excluding diaryl/α,β-unsaturated/α-hetero) is 1. The topological polar surface area (TPSA) is 66.9 Å². The predicted molar refractivity (Wildman–Crippen MR) is 110 cm³/mol. The molecule has 0 amide bonds. The van der Waals surface area contributed by atoms with Crippen LogP contribution in [0.15, 0.2) is 42.5 Å². The lowest BCUT2D eigenvalue weighted by Gasteiger charge is -2.15. The zero-order valence-corrected chi connectivity index (χ0v) is 16.3. The molecule has 2 N–H and O–H groups in total. The summed E-state index contributed by atoms with van der Waals surface area (Å²) in [5.41, 5.74) is 6.92. The smallest absolute Gasteiger partial charge is 0.229 e. The molecule has 1 heterocycles. The zero-order valence-electron chi connectivity index (χ0n) is 16.3. The highest BCUT2D eigenvalue weighted by molar-refractivity contribution is 5.95. The van der Waals surface area contributed by atoms with Crippen LogP contribution in [-0.2, 0) is 0 Å². The van der Waals surface area contributed by atoms with Crippen LogP contribution in [0, 0.1) is 27.7 Å². The van der Waals surface area contributed by atoms with Crippen LogP contribution in [0.25, 0.3) is 0 Å². The Morgan fingerprint density at radius 2 is 1.59 bits per heavy atom. The Labute approximate surface area is 159 Å². The number of nitrogens with zero attached hydrogens (tertiary/aromatic N) is 2. The first-order valence-corrected chi connectivity index (χ1v) is 8.90. The van der Waals surface area contributed by atoms with Crippen LogP contribution in [0.2, 0.25) is 0 Å². The van der Waals surface area contributed by atoms with Gasteiger partial charge >= 0.3 is 0 Å². The number of carbonyl (C=O) groups is 1. The summed E-state index contributed by atoms with van der Waals surface area (Å²) in [6.45, 7) is 9.75. The lowest BCUT2D eigenvalue weighted by Crippen LogP contribution is -2.04. The summed E-state index contributed by atoms with van der Waals surface area (Å²) < 4.78 is 0. The standard InChI is InChI=1S/C22H24N4O/c1-13-9-14(2)21(15(3)10-13)25-20-11-16(4)23-22(26-20)24-19-8-6-7-18(12-19)17(5)27/h6-12H,1-5H3,(H2,23,24,25,26). The van der Waals surface area contributed by atoms with Crippen molar-refractivity contribution < 1.29 is 4.79 Å². The maximum atomic E-state index is 11.6. The number of nitrogens with one attached hydrogen (secondary N) is 2. The van der Waals surface area contributed by atoms with E-state index in [0.29, 0.717) is 11.5 Å². The van der Waals surface area contributed by atoms with Gasteiger partial charge in [-0.25, -0.2) is 4.98 Å². The first-order chi connectivity index (χ1) is 12.8. The van der Waals surface area contributed by atoms with Gasteiger partial charge in [-0.2, -0.15) is 4.98 Å². The summed E-state index contributed by atoms with van der Waals surface area (Å²) >= 11 is 0. The zero-order chi connectivity index (χ0) is 19.6. The molecule has 0 aliphatic carbocycles. The molecule has 0 bridgehead atoms. The van der Waals surface area contributed by atoms with Gasteiger partial charge in [0.05, 0.1) is 0 Å². The van der Waals surface area contributed by atoms with Crippen LogP contribution in [0.5, 0.6) is 0 Å². The fourth-order valence-electron chi connectivity index (χ4n) is 3.14. The minimum atomic E-state index is 0.0245. The van der Waals surface area contributed by atoms with E-state index >= 15 is 0 Å².